The zero-order valence-corrected chi connectivity index (χ0v) is 16.9. The molecule has 0 saturated heterocycles. The van der Waals surface area contributed by atoms with Crippen molar-refractivity contribution in [1.29, 1.82) is 0 Å². The molecule has 12 nitrogen and oxygen atoms in total. The lowest BCUT2D eigenvalue weighted by Crippen LogP contribution is -2.28. The van der Waals surface area contributed by atoms with E-state index in [1.165, 1.54) is 37.4 Å². The highest BCUT2D eigenvalue weighted by molar-refractivity contribution is 6.03. The molecule has 0 aliphatic carbocycles. The van der Waals surface area contributed by atoms with E-state index < -0.39 is 34.9 Å². The van der Waals surface area contributed by atoms with Gasteiger partial charge in [-0.3, -0.25) is 24.3 Å². The van der Waals surface area contributed by atoms with Gasteiger partial charge in [0, 0.05) is 12.1 Å². The first-order valence-corrected chi connectivity index (χ1v) is 8.99. The number of methoxy groups -OCH3 is 2. The Balaban J connectivity index is 1.93. The fraction of sp³-hybridized carbons (Fsp3) is 0.150. The molecule has 1 aromatic heterocycles. The fourth-order valence-electron chi connectivity index (χ4n) is 2.90. The lowest BCUT2D eigenvalue weighted by atomic mass is 10.1. The van der Waals surface area contributed by atoms with Crippen LogP contribution in [0.4, 0.5) is 11.4 Å². The van der Waals surface area contributed by atoms with Crippen LogP contribution >= 0.6 is 0 Å². The van der Waals surface area contributed by atoms with Crippen molar-refractivity contribution in [2.45, 2.75) is 6.54 Å². The van der Waals surface area contributed by atoms with Gasteiger partial charge < -0.3 is 14.8 Å². The number of carbonyl (C=O) groups is 3. The second kappa shape index (κ2) is 9.04. The molecule has 0 aliphatic heterocycles. The number of ether oxygens (including phenoxy) is 2. The first-order valence-electron chi connectivity index (χ1n) is 8.99. The lowest BCUT2D eigenvalue weighted by molar-refractivity contribution is -0.384. The summed E-state index contributed by atoms with van der Waals surface area (Å²) in [5, 5.41) is 13.4. The topological polar surface area (TPSA) is 160 Å². The van der Waals surface area contributed by atoms with E-state index in [0.717, 1.165) is 24.1 Å². The van der Waals surface area contributed by atoms with E-state index >= 15 is 0 Å². The molecule has 32 heavy (non-hydrogen) atoms. The average Bonchev–Trinajstić information content (AvgIpc) is 2.79. The van der Waals surface area contributed by atoms with Crippen LogP contribution in [0, 0.1) is 10.1 Å². The molecule has 1 heterocycles. The maximum Gasteiger partial charge on any atom is 0.339 e. The van der Waals surface area contributed by atoms with Gasteiger partial charge in [0.25, 0.3) is 11.2 Å². The van der Waals surface area contributed by atoms with Crippen molar-refractivity contribution in [2.24, 2.45) is 0 Å². The Labute approximate surface area is 179 Å². The molecule has 3 rings (SSSR count). The molecule has 12 heteroatoms. The average molecular weight is 440 g/mol. The first-order chi connectivity index (χ1) is 15.2. The number of hydrogen-bond acceptors (Lipinski definition) is 9. The predicted octanol–water partition coefficient (Wildman–Crippen LogP) is 1.52. The van der Waals surface area contributed by atoms with Crippen molar-refractivity contribution in [2.75, 3.05) is 19.5 Å². The maximum atomic E-state index is 12.7. The highest BCUT2D eigenvalue weighted by Crippen LogP contribution is 2.20. The molecule has 164 valence electrons. The van der Waals surface area contributed by atoms with Crippen LogP contribution in [-0.2, 0) is 20.8 Å². The van der Waals surface area contributed by atoms with Gasteiger partial charge in [-0.1, -0.05) is 0 Å². The van der Waals surface area contributed by atoms with Crippen LogP contribution in [0.3, 0.4) is 0 Å². The van der Waals surface area contributed by atoms with Crippen LogP contribution in [0.2, 0.25) is 0 Å². The quantitative estimate of drug-likeness (QED) is 0.340. The van der Waals surface area contributed by atoms with Crippen molar-refractivity contribution in [1.82, 2.24) is 9.55 Å². The maximum absolute atomic E-state index is 12.7. The molecule has 0 atom stereocenters. The van der Waals surface area contributed by atoms with E-state index in [1.54, 1.807) is 0 Å². The number of hydrogen-bond donors (Lipinski definition) is 1. The fourth-order valence-corrected chi connectivity index (χ4v) is 2.90. The summed E-state index contributed by atoms with van der Waals surface area (Å²) in [4.78, 5) is 63.4. The van der Waals surface area contributed by atoms with E-state index in [1.807, 2.05) is 0 Å². The van der Waals surface area contributed by atoms with Crippen LogP contribution in [0.15, 0.2) is 47.5 Å². The van der Waals surface area contributed by atoms with Gasteiger partial charge in [-0.2, -0.15) is 0 Å². The number of benzene rings is 2. The minimum Gasteiger partial charge on any atom is -0.465 e. The van der Waals surface area contributed by atoms with E-state index in [2.05, 4.69) is 19.8 Å². The molecule has 0 aliphatic rings. The number of carbonyl (C=O) groups excluding carboxylic acids is 3. The number of rotatable bonds is 6. The number of amides is 1. The Morgan fingerprint density at radius 2 is 1.81 bits per heavy atom. The van der Waals surface area contributed by atoms with Gasteiger partial charge in [0.05, 0.1) is 53.2 Å². The summed E-state index contributed by atoms with van der Waals surface area (Å²) in [6.45, 7) is -0.506. The van der Waals surface area contributed by atoms with Crippen molar-refractivity contribution in [3.8, 4) is 0 Å². The van der Waals surface area contributed by atoms with Gasteiger partial charge in [0.1, 0.15) is 6.54 Å². The molecule has 1 amide bonds. The number of nitrogens with one attached hydrogen (secondary N) is 1. The molecule has 0 saturated carbocycles. The molecule has 0 radical (unpaired) electrons. The monoisotopic (exact) mass is 440 g/mol. The minimum atomic E-state index is -0.756. The highest BCUT2D eigenvalue weighted by atomic mass is 16.6. The Hall–Kier alpha value is -4.61. The SMILES string of the molecule is COC(=O)c1ccc(C(=O)OC)c(NC(=O)Cn2cnc3ccc([N+](=O)[O-])cc3c2=O)c1. The number of non-ortho nitro benzene ring substituents is 1. The van der Waals surface area contributed by atoms with E-state index in [9.17, 15) is 29.3 Å². The van der Waals surface area contributed by atoms with E-state index in [0.29, 0.717) is 0 Å². The molecular weight excluding hydrogens is 424 g/mol. The summed E-state index contributed by atoms with van der Waals surface area (Å²) in [6, 6.07) is 7.48. The van der Waals surface area contributed by atoms with Crippen molar-refractivity contribution in [3.63, 3.8) is 0 Å². The number of nitro benzene ring substituents is 1. The van der Waals surface area contributed by atoms with Gasteiger partial charge in [-0.15, -0.1) is 0 Å². The third-order valence-electron chi connectivity index (χ3n) is 4.45. The largest absolute Gasteiger partial charge is 0.465 e. The molecule has 0 spiro atoms. The summed E-state index contributed by atoms with van der Waals surface area (Å²) < 4.78 is 10.3. The Morgan fingerprint density at radius 3 is 2.47 bits per heavy atom. The normalized spacial score (nSPS) is 10.4. The van der Waals surface area contributed by atoms with Gasteiger partial charge in [0.15, 0.2) is 0 Å². The second-order valence-electron chi connectivity index (χ2n) is 6.43. The first kappa shape index (κ1) is 22.1. The summed E-state index contributed by atoms with van der Waals surface area (Å²) in [6.07, 6.45) is 1.13. The Morgan fingerprint density at radius 1 is 1.09 bits per heavy atom. The molecule has 1 N–H and O–H groups in total. The van der Waals surface area contributed by atoms with Crippen molar-refractivity contribution >= 4 is 40.1 Å². The predicted molar refractivity (Wildman–Crippen MR) is 110 cm³/mol. The van der Waals surface area contributed by atoms with Crippen LogP contribution in [0.25, 0.3) is 10.9 Å². The number of nitro groups is 1. The van der Waals surface area contributed by atoms with Crippen LogP contribution in [-0.4, -0.2) is 46.5 Å². The molecular formula is C20H16N4O8. The smallest absolute Gasteiger partial charge is 0.339 e. The van der Waals surface area contributed by atoms with Gasteiger partial charge in [-0.05, 0) is 24.3 Å². The third-order valence-corrected chi connectivity index (χ3v) is 4.45. The van der Waals surface area contributed by atoms with Crippen LogP contribution in [0.1, 0.15) is 20.7 Å². The second-order valence-corrected chi connectivity index (χ2v) is 6.43. The third kappa shape index (κ3) is 4.43. The van der Waals surface area contributed by atoms with Crippen molar-refractivity contribution in [3.05, 3.63) is 74.3 Å². The summed E-state index contributed by atoms with van der Waals surface area (Å²) in [5.74, 6) is -2.16. The van der Waals surface area contributed by atoms with E-state index in [4.69, 9.17) is 0 Å². The molecule has 3 aromatic rings. The number of nitrogens with zero attached hydrogens (tertiary/aromatic N) is 3. The van der Waals surface area contributed by atoms with Crippen LogP contribution < -0.4 is 10.9 Å². The summed E-state index contributed by atoms with van der Waals surface area (Å²) in [5.41, 5.74) is -0.690. The Kier molecular flexibility index (Phi) is 6.24. The lowest BCUT2D eigenvalue weighted by Gasteiger charge is -2.12. The molecule has 0 bridgehead atoms. The van der Waals surface area contributed by atoms with Gasteiger partial charge in [0.2, 0.25) is 5.91 Å². The van der Waals surface area contributed by atoms with Crippen molar-refractivity contribution < 1.29 is 28.8 Å². The number of aromatic nitrogens is 2. The number of anilines is 1. The summed E-state index contributed by atoms with van der Waals surface area (Å²) >= 11 is 0. The minimum absolute atomic E-state index is 0.0203. The van der Waals surface area contributed by atoms with Gasteiger partial charge >= 0.3 is 11.9 Å². The zero-order chi connectivity index (χ0) is 23.4. The molecule has 2 aromatic carbocycles. The standard InChI is InChI=1S/C20H16N4O8/c1-31-19(27)11-3-5-13(20(28)32-2)16(7-11)22-17(25)9-23-10-21-15-6-4-12(24(29)30)8-14(15)18(23)26/h3-8,10H,9H2,1-2H3,(H,22,25). The zero-order valence-electron chi connectivity index (χ0n) is 16.9. The highest BCUT2D eigenvalue weighted by Gasteiger charge is 2.18. The van der Waals surface area contributed by atoms with E-state index in [-0.39, 0.29) is 33.4 Å². The molecule has 0 fully saturated rings. The van der Waals surface area contributed by atoms with Gasteiger partial charge in [-0.25, -0.2) is 14.6 Å². The molecule has 0 unspecified atom stereocenters. The van der Waals surface area contributed by atoms with Crippen LogP contribution in [0.5, 0.6) is 0 Å². The number of fused-ring (bicyclic) bond motifs is 1. The Bertz CT molecular complexity index is 1310. The number of esters is 2. The summed E-state index contributed by atoms with van der Waals surface area (Å²) in [7, 11) is 2.33.